The number of benzene rings is 2. The second-order valence-electron chi connectivity index (χ2n) is 6.87. The van der Waals surface area contributed by atoms with Crippen LogP contribution in [0, 0.1) is 17.6 Å². The molecule has 1 saturated carbocycles. The predicted molar refractivity (Wildman–Crippen MR) is 97.3 cm³/mol. The number of amides is 1. The fraction of sp³-hybridized carbons (Fsp3) is 0.381. The Bertz CT molecular complexity index is 753. The normalized spacial score (nSPS) is 19.8. The highest BCUT2D eigenvalue weighted by atomic mass is 19.2. The van der Waals surface area contributed by atoms with Crippen molar-refractivity contribution >= 4 is 11.6 Å². The Morgan fingerprint density at radius 3 is 2.35 bits per heavy atom. The van der Waals surface area contributed by atoms with E-state index in [4.69, 9.17) is 4.74 Å². The van der Waals surface area contributed by atoms with Crippen LogP contribution in [-0.2, 0) is 4.79 Å². The Kier molecular flexibility index (Phi) is 5.86. The van der Waals surface area contributed by atoms with Crippen molar-refractivity contribution in [3.63, 3.8) is 0 Å². The maximum Gasteiger partial charge on any atom is 0.224 e. The third kappa shape index (κ3) is 4.59. The molecule has 0 aliphatic heterocycles. The third-order valence-corrected chi connectivity index (χ3v) is 5.11. The molecule has 0 aromatic heterocycles. The molecule has 0 atom stereocenters. The van der Waals surface area contributed by atoms with Crippen molar-refractivity contribution in [1.82, 2.24) is 0 Å². The molecule has 2 aromatic rings. The molecule has 138 valence electrons. The number of rotatable bonds is 5. The van der Waals surface area contributed by atoms with Crippen LogP contribution < -0.4 is 10.1 Å². The van der Waals surface area contributed by atoms with Gasteiger partial charge in [0.05, 0.1) is 7.11 Å². The summed E-state index contributed by atoms with van der Waals surface area (Å²) < 4.78 is 31.3. The van der Waals surface area contributed by atoms with E-state index in [0.29, 0.717) is 23.9 Å². The number of ether oxygens (including phenoxy) is 1. The summed E-state index contributed by atoms with van der Waals surface area (Å²) in [5, 5.41) is 2.65. The van der Waals surface area contributed by atoms with Crippen LogP contribution in [0.25, 0.3) is 0 Å². The Morgan fingerprint density at radius 1 is 1.04 bits per heavy atom. The minimum absolute atomic E-state index is 0.149. The summed E-state index contributed by atoms with van der Waals surface area (Å²) in [6.45, 7) is 0. The number of anilines is 1. The number of halogens is 2. The number of carbonyl (C=O) groups excluding carboxylic acids is 1. The zero-order chi connectivity index (χ0) is 18.5. The van der Waals surface area contributed by atoms with Crippen LogP contribution in [0.4, 0.5) is 14.5 Å². The summed E-state index contributed by atoms with van der Waals surface area (Å²) in [5.74, 6) is -0.316. The lowest BCUT2D eigenvalue weighted by atomic mass is 9.77. The summed E-state index contributed by atoms with van der Waals surface area (Å²) in [7, 11) is 1.66. The number of hydrogen-bond acceptors (Lipinski definition) is 2. The van der Waals surface area contributed by atoms with Crippen molar-refractivity contribution in [3.05, 3.63) is 59.7 Å². The first kappa shape index (κ1) is 18.4. The molecule has 5 heteroatoms. The van der Waals surface area contributed by atoms with Crippen molar-refractivity contribution in [2.45, 2.75) is 38.0 Å². The minimum Gasteiger partial charge on any atom is -0.497 e. The van der Waals surface area contributed by atoms with Crippen LogP contribution in [-0.4, -0.2) is 13.0 Å². The van der Waals surface area contributed by atoms with E-state index in [9.17, 15) is 13.6 Å². The van der Waals surface area contributed by atoms with Crippen LogP contribution >= 0.6 is 0 Å². The molecule has 0 spiro atoms. The van der Waals surface area contributed by atoms with E-state index in [1.165, 1.54) is 11.6 Å². The van der Waals surface area contributed by atoms with Crippen molar-refractivity contribution < 1.29 is 18.3 Å². The van der Waals surface area contributed by atoms with E-state index in [1.807, 2.05) is 12.1 Å². The van der Waals surface area contributed by atoms with E-state index in [0.717, 1.165) is 43.6 Å². The Hall–Kier alpha value is -2.43. The molecule has 0 radical (unpaired) electrons. The van der Waals surface area contributed by atoms with Crippen molar-refractivity contribution in [2.75, 3.05) is 12.4 Å². The van der Waals surface area contributed by atoms with E-state index < -0.39 is 11.6 Å². The first-order valence-electron chi connectivity index (χ1n) is 8.94. The van der Waals surface area contributed by atoms with Gasteiger partial charge in [0, 0.05) is 18.2 Å². The van der Waals surface area contributed by atoms with Gasteiger partial charge in [0.1, 0.15) is 5.75 Å². The van der Waals surface area contributed by atoms with Gasteiger partial charge < -0.3 is 10.1 Å². The van der Waals surface area contributed by atoms with Gasteiger partial charge in [-0.25, -0.2) is 8.78 Å². The third-order valence-electron chi connectivity index (χ3n) is 5.11. The average molecular weight is 359 g/mol. The van der Waals surface area contributed by atoms with E-state index in [-0.39, 0.29) is 5.91 Å². The SMILES string of the molecule is COc1ccc(C2CCC(CC(=O)Nc3ccc(F)c(F)c3)CC2)cc1. The van der Waals surface area contributed by atoms with Gasteiger partial charge in [-0.05, 0) is 67.3 Å². The number of methoxy groups -OCH3 is 1. The maximum atomic E-state index is 13.2. The Balaban J connectivity index is 1.48. The molecule has 1 amide bonds. The fourth-order valence-electron chi connectivity index (χ4n) is 3.62. The first-order chi connectivity index (χ1) is 12.5. The average Bonchev–Trinajstić information content (AvgIpc) is 2.65. The van der Waals surface area contributed by atoms with Crippen molar-refractivity contribution in [1.29, 1.82) is 0 Å². The lowest BCUT2D eigenvalue weighted by molar-refractivity contribution is -0.117. The van der Waals surface area contributed by atoms with Crippen molar-refractivity contribution in [2.24, 2.45) is 5.92 Å². The van der Waals surface area contributed by atoms with Gasteiger partial charge in [-0.15, -0.1) is 0 Å². The number of carbonyl (C=O) groups is 1. The van der Waals surface area contributed by atoms with Gasteiger partial charge in [-0.3, -0.25) is 4.79 Å². The van der Waals surface area contributed by atoms with E-state index >= 15 is 0 Å². The molecule has 3 rings (SSSR count). The molecule has 0 unspecified atom stereocenters. The Labute approximate surface area is 152 Å². The summed E-state index contributed by atoms with van der Waals surface area (Å²) >= 11 is 0. The quantitative estimate of drug-likeness (QED) is 0.789. The predicted octanol–water partition coefficient (Wildman–Crippen LogP) is 5.28. The smallest absolute Gasteiger partial charge is 0.224 e. The molecule has 1 aliphatic carbocycles. The van der Waals surface area contributed by atoms with Gasteiger partial charge in [0.25, 0.3) is 0 Å². The van der Waals surface area contributed by atoms with E-state index in [1.54, 1.807) is 7.11 Å². The van der Waals surface area contributed by atoms with Crippen LogP contribution in [0.2, 0.25) is 0 Å². The molecular weight excluding hydrogens is 336 g/mol. The monoisotopic (exact) mass is 359 g/mol. The fourth-order valence-corrected chi connectivity index (χ4v) is 3.62. The zero-order valence-corrected chi connectivity index (χ0v) is 14.8. The molecule has 26 heavy (non-hydrogen) atoms. The van der Waals surface area contributed by atoms with Gasteiger partial charge >= 0.3 is 0 Å². The molecule has 2 aromatic carbocycles. The van der Waals surface area contributed by atoms with Crippen LogP contribution in [0.15, 0.2) is 42.5 Å². The number of hydrogen-bond donors (Lipinski definition) is 1. The van der Waals surface area contributed by atoms with Gasteiger partial charge in [-0.2, -0.15) is 0 Å². The summed E-state index contributed by atoms with van der Waals surface area (Å²) in [6.07, 6.45) is 4.49. The topological polar surface area (TPSA) is 38.3 Å². The molecule has 1 aliphatic rings. The highest BCUT2D eigenvalue weighted by molar-refractivity contribution is 5.90. The number of nitrogens with one attached hydrogen (secondary N) is 1. The standard InChI is InChI=1S/C21H23F2NO2/c1-26-18-9-6-16(7-10-18)15-4-2-14(3-5-15)12-21(25)24-17-8-11-19(22)20(23)13-17/h6-11,13-15H,2-5,12H2,1H3,(H,24,25). The van der Waals surface area contributed by atoms with Gasteiger partial charge in [0.2, 0.25) is 5.91 Å². The van der Waals surface area contributed by atoms with E-state index in [2.05, 4.69) is 17.4 Å². The second-order valence-corrected chi connectivity index (χ2v) is 6.87. The summed E-state index contributed by atoms with van der Waals surface area (Å²) in [5.41, 5.74) is 1.61. The highest BCUT2D eigenvalue weighted by Crippen LogP contribution is 2.37. The first-order valence-corrected chi connectivity index (χ1v) is 8.94. The molecule has 3 nitrogen and oxygen atoms in total. The van der Waals surface area contributed by atoms with Crippen LogP contribution in [0.3, 0.4) is 0 Å². The highest BCUT2D eigenvalue weighted by Gasteiger charge is 2.24. The molecule has 1 N–H and O–H groups in total. The molecule has 0 bridgehead atoms. The lowest BCUT2D eigenvalue weighted by Crippen LogP contribution is -2.20. The lowest BCUT2D eigenvalue weighted by Gasteiger charge is -2.28. The molecular formula is C21H23F2NO2. The Morgan fingerprint density at radius 2 is 1.73 bits per heavy atom. The summed E-state index contributed by atoms with van der Waals surface area (Å²) in [6, 6.07) is 11.6. The van der Waals surface area contributed by atoms with Crippen LogP contribution in [0.5, 0.6) is 5.75 Å². The summed E-state index contributed by atoms with van der Waals surface area (Å²) in [4.78, 5) is 12.2. The van der Waals surface area contributed by atoms with Crippen LogP contribution in [0.1, 0.15) is 43.6 Å². The zero-order valence-electron chi connectivity index (χ0n) is 14.8. The second kappa shape index (κ2) is 8.30. The minimum atomic E-state index is -0.956. The van der Waals surface area contributed by atoms with Gasteiger partial charge in [0.15, 0.2) is 11.6 Å². The molecule has 0 heterocycles. The molecule has 0 saturated heterocycles. The van der Waals surface area contributed by atoms with Gasteiger partial charge in [-0.1, -0.05) is 12.1 Å². The maximum absolute atomic E-state index is 13.2. The molecule has 1 fully saturated rings. The van der Waals surface area contributed by atoms with Crippen molar-refractivity contribution in [3.8, 4) is 5.75 Å². The largest absolute Gasteiger partial charge is 0.497 e.